The SMILES string of the molecule is Cc1c(Cl)ccc2c(CCCN)cn(CCCN)c12. The van der Waals surface area contributed by atoms with Crippen molar-refractivity contribution in [2.75, 3.05) is 13.1 Å². The van der Waals surface area contributed by atoms with Crippen molar-refractivity contribution in [3.63, 3.8) is 0 Å². The highest BCUT2D eigenvalue weighted by Gasteiger charge is 2.12. The highest BCUT2D eigenvalue weighted by molar-refractivity contribution is 6.32. The molecular formula is C15H22ClN3. The first kappa shape index (κ1) is 14.4. The quantitative estimate of drug-likeness (QED) is 0.854. The average Bonchev–Trinajstić information content (AvgIpc) is 2.77. The molecule has 0 atom stereocenters. The Labute approximate surface area is 119 Å². The zero-order chi connectivity index (χ0) is 13.8. The lowest BCUT2D eigenvalue weighted by molar-refractivity contribution is 0.667. The van der Waals surface area contributed by atoms with Gasteiger partial charge in [0.2, 0.25) is 0 Å². The average molecular weight is 280 g/mol. The molecule has 0 saturated heterocycles. The molecule has 0 aliphatic rings. The maximum absolute atomic E-state index is 6.25. The summed E-state index contributed by atoms with van der Waals surface area (Å²) in [4.78, 5) is 0. The van der Waals surface area contributed by atoms with Crippen LogP contribution in [0.3, 0.4) is 0 Å². The third kappa shape index (κ3) is 2.94. The van der Waals surface area contributed by atoms with E-state index in [1.54, 1.807) is 0 Å². The lowest BCUT2D eigenvalue weighted by Gasteiger charge is -2.07. The van der Waals surface area contributed by atoms with E-state index in [1.165, 1.54) is 16.5 Å². The van der Waals surface area contributed by atoms with Gasteiger partial charge in [-0.1, -0.05) is 17.7 Å². The van der Waals surface area contributed by atoms with Gasteiger partial charge >= 0.3 is 0 Å². The molecule has 1 aromatic carbocycles. The van der Waals surface area contributed by atoms with E-state index in [-0.39, 0.29) is 0 Å². The molecule has 0 saturated carbocycles. The molecule has 0 spiro atoms. The van der Waals surface area contributed by atoms with Crippen molar-refractivity contribution >= 4 is 22.5 Å². The van der Waals surface area contributed by atoms with Crippen molar-refractivity contribution in [3.8, 4) is 0 Å². The van der Waals surface area contributed by atoms with Crippen LogP contribution in [0.4, 0.5) is 0 Å². The number of halogens is 1. The zero-order valence-corrected chi connectivity index (χ0v) is 12.2. The second-order valence-electron chi connectivity index (χ2n) is 4.95. The molecular weight excluding hydrogens is 258 g/mol. The van der Waals surface area contributed by atoms with Gasteiger partial charge in [0.1, 0.15) is 0 Å². The first-order valence-electron chi connectivity index (χ1n) is 6.86. The number of aryl methyl sites for hydroxylation is 3. The van der Waals surface area contributed by atoms with Crippen LogP contribution in [0.15, 0.2) is 18.3 Å². The summed E-state index contributed by atoms with van der Waals surface area (Å²) in [6, 6.07) is 4.11. The van der Waals surface area contributed by atoms with Gasteiger partial charge in [0.05, 0.1) is 5.52 Å². The second kappa shape index (κ2) is 6.42. The predicted molar refractivity (Wildman–Crippen MR) is 82.7 cm³/mol. The highest BCUT2D eigenvalue weighted by atomic mass is 35.5. The first-order valence-corrected chi connectivity index (χ1v) is 7.23. The number of fused-ring (bicyclic) bond motifs is 1. The first-order chi connectivity index (χ1) is 9.19. The number of hydrogen-bond donors (Lipinski definition) is 2. The summed E-state index contributed by atoms with van der Waals surface area (Å²) in [5.41, 5.74) is 15.0. The molecule has 0 aliphatic carbocycles. The smallest absolute Gasteiger partial charge is 0.0527 e. The maximum Gasteiger partial charge on any atom is 0.0527 e. The van der Waals surface area contributed by atoms with Crippen LogP contribution in [0.1, 0.15) is 24.0 Å². The normalized spacial score (nSPS) is 11.4. The molecule has 4 N–H and O–H groups in total. The van der Waals surface area contributed by atoms with Gasteiger partial charge in [0.15, 0.2) is 0 Å². The Morgan fingerprint density at radius 1 is 1.16 bits per heavy atom. The molecule has 1 heterocycles. The molecule has 0 unspecified atom stereocenters. The van der Waals surface area contributed by atoms with Crippen molar-refractivity contribution in [2.24, 2.45) is 11.5 Å². The second-order valence-corrected chi connectivity index (χ2v) is 5.36. The molecule has 104 valence electrons. The van der Waals surface area contributed by atoms with Crippen LogP contribution >= 0.6 is 11.6 Å². The number of nitrogens with zero attached hydrogens (tertiary/aromatic N) is 1. The summed E-state index contributed by atoms with van der Waals surface area (Å²) in [7, 11) is 0. The van der Waals surface area contributed by atoms with Crippen molar-refractivity contribution in [1.82, 2.24) is 4.57 Å². The number of benzene rings is 1. The van der Waals surface area contributed by atoms with Crippen LogP contribution in [0.2, 0.25) is 5.02 Å². The number of hydrogen-bond acceptors (Lipinski definition) is 2. The minimum absolute atomic E-state index is 0.706. The van der Waals surface area contributed by atoms with E-state index in [4.69, 9.17) is 23.1 Å². The number of aromatic nitrogens is 1. The monoisotopic (exact) mass is 279 g/mol. The Morgan fingerprint density at radius 2 is 1.89 bits per heavy atom. The summed E-state index contributed by atoms with van der Waals surface area (Å²) in [6.45, 7) is 4.45. The van der Waals surface area contributed by atoms with Gasteiger partial charge in [-0.25, -0.2) is 0 Å². The van der Waals surface area contributed by atoms with E-state index in [0.717, 1.165) is 42.9 Å². The van der Waals surface area contributed by atoms with Crippen LogP contribution in [0.5, 0.6) is 0 Å². The van der Waals surface area contributed by atoms with Crippen LogP contribution < -0.4 is 11.5 Å². The molecule has 0 radical (unpaired) electrons. The minimum atomic E-state index is 0.706. The third-order valence-electron chi connectivity index (χ3n) is 3.56. The van der Waals surface area contributed by atoms with Gasteiger partial charge in [-0.2, -0.15) is 0 Å². The van der Waals surface area contributed by atoms with Crippen molar-refractivity contribution in [1.29, 1.82) is 0 Å². The Bertz CT molecular complexity index is 560. The van der Waals surface area contributed by atoms with E-state index in [0.29, 0.717) is 6.54 Å². The lowest BCUT2D eigenvalue weighted by atomic mass is 10.1. The molecule has 0 fully saturated rings. The molecule has 2 aromatic rings. The third-order valence-corrected chi connectivity index (χ3v) is 3.97. The summed E-state index contributed by atoms with van der Waals surface area (Å²) < 4.78 is 2.29. The van der Waals surface area contributed by atoms with Crippen LogP contribution in [-0.2, 0) is 13.0 Å². The fraction of sp³-hybridized carbons (Fsp3) is 0.467. The van der Waals surface area contributed by atoms with E-state index in [1.807, 2.05) is 6.07 Å². The minimum Gasteiger partial charge on any atom is -0.347 e. The molecule has 3 nitrogen and oxygen atoms in total. The molecule has 4 heteroatoms. The Morgan fingerprint density at radius 3 is 2.58 bits per heavy atom. The van der Waals surface area contributed by atoms with Gasteiger partial charge in [0.25, 0.3) is 0 Å². The fourth-order valence-corrected chi connectivity index (χ4v) is 2.71. The van der Waals surface area contributed by atoms with Gasteiger partial charge < -0.3 is 16.0 Å². The molecule has 0 amide bonds. The number of nitrogens with two attached hydrogens (primary N) is 2. The summed E-state index contributed by atoms with van der Waals surface area (Å²) in [5.74, 6) is 0. The van der Waals surface area contributed by atoms with E-state index in [9.17, 15) is 0 Å². The molecule has 2 rings (SSSR count). The molecule has 0 bridgehead atoms. The van der Waals surface area contributed by atoms with Crippen molar-refractivity contribution in [2.45, 2.75) is 32.7 Å². The van der Waals surface area contributed by atoms with E-state index < -0.39 is 0 Å². The van der Waals surface area contributed by atoms with Gasteiger partial charge in [0, 0.05) is 23.2 Å². The molecule has 1 aromatic heterocycles. The van der Waals surface area contributed by atoms with E-state index in [2.05, 4.69) is 23.8 Å². The van der Waals surface area contributed by atoms with Crippen molar-refractivity contribution in [3.05, 3.63) is 34.5 Å². The van der Waals surface area contributed by atoms with Crippen LogP contribution in [0, 0.1) is 6.92 Å². The van der Waals surface area contributed by atoms with Crippen LogP contribution in [-0.4, -0.2) is 17.7 Å². The Kier molecular flexibility index (Phi) is 4.86. The summed E-state index contributed by atoms with van der Waals surface area (Å²) in [6.07, 6.45) is 5.24. The molecule has 0 aliphatic heterocycles. The zero-order valence-electron chi connectivity index (χ0n) is 11.5. The largest absolute Gasteiger partial charge is 0.347 e. The lowest BCUT2D eigenvalue weighted by Crippen LogP contribution is -2.05. The Hall–Kier alpha value is -1.03. The summed E-state index contributed by atoms with van der Waals surface area (Å²) in [5, 5.41) is 2.12. The number of rotatable bonds is 6. The summed E-state index contributed by atoms with van der Waals surface area (Å²) >= 11 is 6.25. The van der Waals surface area contributed by atoms with Crippen LogP contribution in [0.25, 0.3) is 10.9 Å². The highest BCUT2D eigenvalue weighted by Crippen LogP contribution is 2.30. The maximum atomic E-state index is 6.25. The van der Waals surface area contributed by atoms with Crippen molar-refractivity contribution < 1.29 is 0 Å². The van der Waals surface area contributed by atoms with Gasteiger partial charge in [-0.15, -0.1) is 0 Å². The molecule has 19 heavy (non-hydrogen) atoms. The van der Waals surface area contributed by atoms with Gasteiger partial charge in [-0.3, -0.25) is 0 Å². The predicted octanol–water partition coefficient (Wildman–Crippen LogP) is 2.84. The topological polar surface area (TPSA) is 57.0 Å². The van der Waals surface area contributed by atoms with Gasteiger partial charge in [-0.05, 0) is 56.5 Å². The standard InChI is InChI=1S/C15H22ClN3/c1-11-14(16)6-5-13-12(4-2-7-17)10-19(15(11)13)9-3-8-18/h5-6,10H,2-4,7-9,17-18H2,1H3. The Balaban J connectivity index is 2.49. The fourth-order valence-electron chi connectivity index (χ4n) is 2.56. The van der Waals surface area contributed by atoms with E-state index >= 15 is 0 Å².